The van der Waals surface area contributed by atoms with Crippen LogP contribution < -0.4 is 5.73 Å². The van der Waals surface area contributed by atoms with Crippen molar-refractivity contribution in [3.05, 3.63) is 34.2 Å². The normalized spacial score (nSPS) is 13.3. The van der Waals surface area contributed by atoms with E-state index in [0.717, 1.165) is 12.1 Å². The molecule has 0 spiro atoms. The first-order chi connectivity index (χ1) is 14.0. The highest BCUT2D eigenvalue weighted by Gasteiger charge is 2.43. The summed E-state index contributed by atoms with van der Waals surface area (Å²) in [6.07, 6.45) is -10.6. The predicted molar refractivity (Wildman–Crippen MR) is 92.7 cm³/mol. The van der Waals surface area contributed by atoms with Crippen molar-refractivity contribution in [2.75, 3.05) is 5.73 Å². The van der Waals surface area contributed by atoms with Crippen molar-refractivity contribution in [2.24, 2.45) is 0 Å². The van der Waals surface area contributed by atoms with Crippen molar-refractivity contribution in [3.63, 3.8) is 0 Å². The van der Waals surface area contributed by atoms with E-state index in [1.54, 1.807) is 0 Å². The molecule has 2 heterocycles. The van der Waals surface area contributed by atoms with Crippen LogP contribution in [-0.4, -0.2) is 25.3 Å². The van der Waals surface area contributed by atoms with E-state index in [9.17, 15) is 39.5 Å². The fraction of sp³-hybridized carbons (Fsp3) is 0.267. The number of thioether (sulfide) groups is 1. The van der Waals surface area contributed by atoms with Crippen LogP contribution in [0.1, 0.15) is 17.1 Å². The van der Waals surface area contributed by atoms with Gasteiger partial charge in [-0.1, -0.05) is 11.6 Å². The second kappa shape index (κ2) is 7.32. The summed E-state index contributed by atoms with van der Waals surface area (Å²) in [6.45, 7) is 1.27. The molecular formula is C15H7ClF9N5S. The van der Waals surface area contributed by atoms with E-state index in [0.29, 0.717) is 4.68 Å². The molecule has 2 aromatic heterocycles. The molecule has 168 valence electrons. The molecule has 0 amide bonds. The summed E-state index contributed by atoms with van der Waals surface area (Å²) in [5.41, 5.74) is -2.14. The molecule has 3 rings (SSSR count). The highest BCUT2D eigenvalue weighted by atomic mass is 35.5. The van der Waals surface area contributed by atoms with Gasteiger partial charge in [0.2, 0.25) is 5.82 Å². The number of aromatic nitrogens is 4. The zero-order valence-electron chi connectivity index (χ0n) is 14.7. The lowest BCUT2D eigenvalue weighted by Crippen LogP contribution is -2.17. The molecule has 0 aliphatic carbocycles. The Morgan fingerprint density at radius 2 is 1.58 bits per heavy atom. The van der Waals surface area contributed by atoms with Gasteiger partial charge in [-0.2, -0.15) is 39.5 Å². The maximum Gasteiger partial charge on any atom is 0.451 e. The van der Waals surface area contributed by atoms with Gasteiger partial charge in [-0.25, -0.2) is 14.6 Å². The Balaban J connectivity index is 2.29. The van der Waals surface area contributed by atoms with Gasteiger partial charge in [0.05, 0.1) is 16.1 Å². The summed E-state index contributed by atoms with van der Waals surface area (Å²) in [7, 11) is 0. The SMILES string of the molecule is Cc1cc(SC(F)(F)F)cc(Cl)c1-n1nc2nc(C(F)(F)F)nc(C(F)(F)F)c2c1N. The fourth-order valence-corrected chi connectivity index (χ4v) is 3.77. The van der Waals surface area contributed by atoms with Crippen LogP contribution in [0, 0.1) is 6.92 Å². The van der Waals surface area contributed by atoms with Gasteiger partial charge in [0.1, 0.15) is 5.82 Å². The molecule has 1 aromatic carbocycles. The standard InChI is InChI=1S/C15H7ClF9N5S/c1-4-2-5(31-15(23,24)25)3-6(16)8(4)30-10(26)7-9(13(17,18)19)27-12(14(20,21)22)28-11(7)29-30/h2-3H,26H2,1H3. The first-order valence-electron chi connectivity index (χ1n) is 7.76. The molecule has 31 heavy (non-hydrogen) atoms. The molecule has 3 aromatic rings. The average molecular weight is 496 g/mol. The van der Waals surface area contributed by atoms with Crippen LogP contribution >= 0.6 is 23.4 Å². The van der Waals surface area contributed by atoms with E-state index in [4.69, 9.17) is 17.3 Å². The summed E-state index contributed by atoms with van der Waals surface area (Å²) in [6, 6.07) is 1.88. The Morgan fingerprint density at radius 1 is 0.968 bits per heavy atom. The van der Waals surface area contributed by atoms with E-state index in [1.165, 1.54) is 6.92 Å². The molecule has 0 unspecified atom stereocenters. The van der Waals surface area contributed by atoms with Gasteiger partial charge in [-0.05, 0) is 36.4 Å². The number of hydrogen-bond donors (Lipinski definition) is 1. The zero-order valence-corrected chi connectivity index (χ0v) is 16.3. The Morgan fingerprint density at radius 3 is 2.06 bits per heavy atom. The van der Waals surface area contributed by atoms with E-state index in [1.807, 2.05) is 0 Å². The van der Waals surface area contributed by atoms with Gasteiger partial charge >= 0.3 is 17.9 Å². The van der Waals surface area contributed by atoms with E-state index >= 15 is 0 Å². The van der Waals surface area contributed by atoms with Crippen LogP contribution in [-0.2, 0) is 12.4 Å². The summed E-state index contributed by atoms with van der Waals surface area (Å²) in [5, 5.41) is 2.19. The van der Waals surface area contributed by atoms with Crippen LogP contribution in [0.5, 0.6) is 0 Å². The predicted octanol–water partition coefficient (Wildman–Crippen LogP) is 6.01. The first kappa shape index (κ1) is 23.2. The van der Waals surface area contributed by atoms with Crippen molar-refractivity contribution in [1.82, 2.24) is 19.7 Å². The maximum absolute atomic E-state index is 13.4. The number of hydrogen-bond acceptors (Lipinski definition) is 5. The largest absolute Gasteiger partial charge is 0.451 e. The minimum atomic E-state index is -5.34. The molecule has 0 saturated carbocycles. The van der Waals surface area contributed by atoms with Crippen LogP contribution in [0.25, 0.3) is 16.7 Å². The summed E-state index contributed by atoms with van der Waals surface area (Å²) < 4.78 is 117. The molecule has 0 aliphatic heterocycles. The van der Waals surface area contributed by atoms with Gasteiger partial charge < -0.3 is 5.73 Å². The zero-order chi connectivity index (χ0) is 23.5. The molecule has 0 radical (unpaired) electrons. The fourth-order valence-electron chi connectivity index (χ4n) is 2.68. The van der Waals surface area contributed by atoms with Crippen molar-refractivity contribution in [1.29, 1.82) is 0 Å². The minimum absolute atomic E-state index is 0.0105. The van der Waals surface area contributed by atoms with Gasteiger partial charge in [-0.15, -0.1) is 5.10 Å². The van der Waals surface area contributed by atoms with Gasteiger partial charge in [0.25, 0.3) is 0 Å². The van der Waals surface area contributed by atoms with Gasteiger partial charge in [-0.3, -0.25) is 0 Å². The molecule has 0 bridgehead atoms. The number of nitrogen functional groups attached to an aromatic ring is 1. The van der Waals surface area contributed by atoms with E-state index < -0.39 is 58.0 Å². The lowest BCUT2D eigenvalue weighted by atomic mass is 10.2. The summed E-state index contributed by atoms with van der Waals surface area (Å²) in [4.78, 5) is 5.23. The second-order valence-electron chi connectivity index (χ2n) is 6.01. The molecule has 0 atom stereocenters. The number of anilines is 1. The topological polar surface area (TPSA) is 69.6 Å². The quantitative estimate of drug-likeness (QED) is 0.348. The van der Waals surface area contributed by atoms with Crippen molar-refractivity contribution >= 4 is 40.2 Å². The highest BCUT2D eigenvalue weighted by molar-refractivity contribution is 8.00. The number of benzene rings is 1. The van der Waals surface area contributed by atoms with E-state index in [2.05, 4.69) is 15.1 Å². The van der Waals surface area contributed by atoms with Crippen LogP contribution in [0.3, 0.4) is 0 Å². The number of halogens is 10. The van der Waals surface area contributed by atoms with E-state index in [-0.39, 0.29) is 21.2 Å². The monoisotopic (exact) mass is 495 g/mol. The Hall–Kier alpha value is -2.42. The molecular weight excluding hydrogens is 489 g/mol. The smallest absolute Gasteiger partial charge is 0.383 e. The van der Waals surface area contributed by atoms with Gasteiger partial charge in [0.15, 0.2) is 11.3 Å². The van der Waals surface area contributed by atoms with Crippen molar-refractivity contribution in [2.45, 2.75) is 29.7 Å². The molecule has 0 aliphatic rings. The lowest BCUT2D eigenvalue weighted by Gasteiger charge is -2.13. The molecule has 16 heteroatoms. The summed E-state index contributed by atoms with van der Waals surface area (Å²) in [5.74, 6) is -2.88. The number of fused-ring (bicyclic) bond motifs is 1. The maximum atomic E-state index is 13.4. The number of rotatable bonds is 2. The first-order valence-corrected chi connectivity index (χ1v) is 8.95. The highest BCUT2D eigenvalue weighted by Crippen LogP contribution is 2.42. The van der Waals surface area contributed by atoms with Crippen LogP contribution in [0.2, 0.25) is 5.02 Å². The number of nitrogens with zero attached hydrogens (tertiary/aromatic N) is 4. The Labute approximate surface area is 175 Å². The Kier molecular flexibility index (Phi) is 5.49. The molecule has 0 fully saturated rings. The Bertz CT molecular complexity index is 1140. The summed E-state index contributed by atoms with van der Waals surface area (Å²) >= 11 is 5.51. The van der Waals surface area contributed by atoms with Crippen LogP contribution in [0.4, 0.5) is 45.3 Å². The third kappa shape index (κ3) is 4.61. The third-order valence-electron chi connectivity index (χ3n) is 3.76. The molecule has 0 saturated heterocycles. The lowest BCUT2D eigenvalue weighted by molar-refractivity contribution is -0.151. The number of aryl methyl sites for hydroxylation is 1. The molecule has 2 N–H and O–H groups in total. The molecule has 5 nitrogen and oxygen atoms in total. The van der Waals surface area contributed by atoms with Crippen molar-refractivity contribution in [3.8, 4) is 5.69 Å². The average Bonchev–Trinajstić information content (AvgIpc) is 2.87. The van der Waals surface area contributed by atoms with Crippen LogP contribution in [0.15, 0.2) is 17.0 Å². The van der Waals surface area contributed by atoms with Crippen molar-refractivity contribution < 1.29 is 39.5 Å². The minimum Gasteiger partial charge on any atom is -0.383 e. The number of nitrogens with two attached hydrogens (primary N) is 1. The number of alkyl halides is 9. The second-order valence-corrected chi connectivity index (χ2v) is 7.55. The third-order valence-corrected chi connectivity index (χ3v) is 4.75. The van der Waals surface area contributed by atoms with Gasteiger partial charge in [0, 0.05) is 4.90 Å².